The number of rotatable bonds is 3. The lowest BCUT2D eigenvalue weighted by molar-refractivity contribution is -0.0661. The fourth-order valence-electron chi connectivity index (χ4n) is 0.289. The van der Waals surface area contributed by atoms with Crippen LogP contribution in [0.3, 0.4) is 0 Å². The van der Waals surface area contributed by atoms with E-state index in [1.54, 1.807) is 0 Å². The van der Waals surface area contributed by atoms with E-state index in [0.29, 0.717) is 13.0 Å². The van der Waals surface area contributed by atoms with Gasteiger partial charge in [0.1, 0.15) is 0 Å². The summed E-state index contributed by atoms with van der Waals surface area (Å²) in [5, 5.41) is 9.32. The maximum atomic E-state index is 11.2. The van der Waals surface area contributed by atoms with Crippen LogP contribution in [-0.2, 0) is 0 Å². The number of nitrogens with zero attached hydrogens (tertiary/aromatic N) is 1. The van der Waals surface area contributed by atoms with E-state index in [-0.39, 0.29) is 6.67 Å². The van der Waals surface area contributed by atoms with Gasteiger partial charge in [0, 0.05) is 13.6 Å². The molecule has 0 aromatic carbocycles. The standard InChI is InChI=1S/C4H10FNO/c1-6(7)4-2-3-5/h7H,2-4H2,1H3. The van der Waals surface area contributed by atoms with Crippen LogP contribution in [0.4, 0.5) is 4.39 Å². The van der Waals surface area contributed by atoms with Gasteiger partial charge in [-0.2, -0.15) is 5.06 Å². The van der Waals surface area contributed by atoms with Gasteiger partial charge < -0.3 is 5.21 Å². The van der Waals surface area contributed by atoms with Gasteiger partial charge in [-0.3, -0.25) is 4.39 Å². The lowest BCUT2D eigenvalue weighted by Gasteiger charge is -2.02. The molecule has 0 atom stereocenters. The molecule has 0 saturated carbocycles. The Balaban J connectivity index is 2.68. The summed E-state index contributed by atoms with van der Waals surface area (Å²) < 4.78 is 11.2. The second kappa shape index (κ2) is 4.02. The van der Waals surface area contributed by atoms with Gasteiger partial charge in [-0.15, -0.1) is 0 Å². The molecule has 0 aliphatic carbocycles. The zero-order valence-electron chi connectivity index (χ0n) is 4.39. The van der Waals surface area contributed by atoms with Crippen LogP contribution in [0.15, 0.2) is 0 Å². The van der Waals surface area contributed by atoms with E-state index in [4.69, 9.17) is 5.21 Å². The molecule has 0 aromatic heterocycles. The number of hydrogen-bond donors (Lipinski definition) is 1. The number of alkyl halides is 1. The minimum Gasteiger partial charge on any atom is -0.314 e. The van der Waals surface area contributed by atoms with Crippen LogP contribution in [0.5, 0.6) is 0 Å². The summed E-state index contributed by atoms with van der Waals surface area (Å²) in [6, 6.07) is 0. The third-order valence-electron chi connectivity index (χ3n) is 0.615. The number of hydrogen-bond acceptors (Lipinski definition) is 2. The van der Waals surface area contributed by atoms with E-state index in [1.165, 1.54) is 7.05 Å². The summed E-state index contributed by atoms with van der Waals surface area (Å²) in [4.78, 5) is 0. The molecule has 0 radical (unpaired) electrons. The molecule has 0 aliphatic heterocycles. The second-order valence-corrected chi connectivity index (χ2v) is 1.42. The van der Waals surface area contributed by atoms with Crippen molar-refractivity contribution in [1.29, 1.82) is 0 Å². The molecule has 0 rings (SSSR count). The maximum absolute atomic E-state index is 11.2. The zero-order chi connectivity index (χ0) is 5.70. The third-order valence-corrected chi connectivity index (χ3v) is 0.615. The maximum Gasteiger partial charge on any atom is 0.0907 e. The van der Waals surface area contributed by atoms with Crippen molar-refractivity contribution in [1.82, 2.24) is 5.06 Å². The van der Waals surface area contributed by atoms with Crippen molar-refractivity contribution in [2.45, 2.75) is 6.42 Å². The minimum atomic E-state index is -0.356. The van der Waals surface area contributed by atoms with Gasteiger partial charge in [-0.05, 0) is 6.42 Å². The average molecular weight is 107 g/mol. The fraction of sp³-hybridized carbons (Fsp3) is 1.00. The Bertz CT molecular complexity index is 40.7. The molecule has 0 aliphatic rings. The Morgan fingerprint density at radius 3 is 2.43 bits per heavy atom. The quantitative estimate of drug-likeness (QED) is 0.536. The molecule has 7 heavy (non-hydrogen) atoms. The lowest BCUT2D eigenvalue weighted by Crippen LogP contribution is -2.13. The van der Waals surface area contributed by atoms with E-state index >= 15 is 0 Å². The van der Waals surface area contributed by atoms with Crippen molar-refractivity contribution in [2.75, 3.05) is 20.3 Å². The Labute approximate surface area is 42.5 Å². The van der Waals surface area contributed by atoms with Crippen molar-refractivity contribution in [2.24, 2.45) is 0 Å². The van der Waals surface area contributed by atoms with Gasteiger partial charge in [0.2, 0.25) is 0 Å². The van der Waals surface area contributed by atoms with Gasteiger partial charge in [-0.25, -0.2) is 0 Å². The zero-order valence-corrected chi connectivity index (χ0v) is 4.39. The lowest BCUT2D eigenvalue weighted by atomic mass is 10.5. The molecule has 0 saturated heterocycles. The molecule has 2 nitrogen and oxygen atoms in total. The first-order valence-corrected chi connectivity index (χ1v) is 2.23. The van der Waals surface area contributed by atoms with Crippen LogP contribution in [-0.4, -0.2) is 30.5 Å². The molecule has 0 heterocycles. The van der Waals surface area contributed by atoms with E-state index in [1.807, 2.05) is 0 Å². The number of hydroxylamine groups is 2. The Kier molecular flexibility index (Phi) is 3.93. The van der Waals surface area contributed by atoms with Crippen LogP contribution in [0.2, 0.25) is 0 Å². The first-order chi connectivity index (χ1) is 3.27. The Morgan fingerprint density at radius 1 is 1.71 bits per heavy atom. The van der Waals surface area contributed by atoms with E-state index in [9.17, 15) is 4.39 Å². The monoisotopic (exact) mass is 107 g/mol. The molecule has 0 unspecified atom stereocenters. The van der Waals surface area contributed by atoms with Crippen molar-refractivity contribution in [3.8, 4) is 0 Å². The van der Waals surface area contributed by atoms with Crippen LogP contribution in [0.25, 0.3) is 0 Å². The van der Waals surface area contributed by atoms with Crippen molar-refractivity contribution >= 4 is 0 Å². The first-order valence-electron chi connectivity index (χ1n) is 2.23. The summed E-state index contributed by atoms with van der Waals surface area (Å²) in [6.07, 6.45) is 0.410. The summed E-state index contributed by atoms with van der Waals surface area (Å²) >= 11 is 0. The molecule has 1 N–H and O–H groups in total. The second-order valence-electron chi connectivity index (χ2n) is 1.42. The normalized spacial score (nSPS) is 10.3. The number of halogens is 1. The highest BCUT2D eigenvalue weighted by atomic mass is 19.1. The van der Waals surface area contributed by atoms with Gasteiger partial charge in [0.25, 0.3) is 0 Å². The average Bonchev–Trinajstić information content (AvgIpc) is 1.61. The van der Waals surface area contributed by atoms with Gasteiger partial charge in [0.05, 0.1) is 6.67 Å². The molecule has 0 amide bonds. The predicted molar refractivity (Wildman–Crippen MR) is 25.0 cm³/mol. The van der Waals surface area contributed by atoms with Crippen LogP contribution >= 0.6 is 0 Å². The molecule has 0 bridgehead atoms. The Hall–Kier alpha value is -0.150. The smallest absolute Gasteiger partial charge is 0.0907 e. The topological polar surface area (TPSA) is 23.5 Å². The third kappa shape index (κ3) is 5.85. The highest BCUT2D eigenvalue weighted by Gasteiger charge is 1.87. The van der Waals surface area contributed by atoms with Crippen molar-refractivity contribution < 1.29 is 9.60 Å². The predicted octanol–water partition coefficient (Wildman–Crippen LogP) is 0.667. The molecule has 0 fully saturated rings. The van der Waals surface area contributed by atoms with Crippen molar-refractivity contribution in [3.05, 3.63) is 0 Å². The summed E-state index contributed by atoms with van der Waals surface area (Å²) in [6.45, 7) is 0.0569. The van der Waals surface area contributed by atoms with Gasteiger partial charge in [0.15, 0.2) is 0 Å². The SMILES string of the molecule is CN(O)CCCF. The summed E-state index contributed by atoms with van der Waals surface area (Å²) in [5.74, 6) is 0. The van der Waals surface area contributed by atoms with Crippen LogP contribution < -0.4 is 0 Å². The van der Waals surface area contributed by atoms with Gasteiger partial charge in [-0.1, -0.05) is 0 Å². The summed E-state index contributed by atoms with van der Waals surface area (Å²) in [5.41, 5.74) is 0. The highest BCUT2D eigenvalue weighted by Crippen LogP contribution is 1.81. The molecule has 0 aromatic rings. The fourth-order valence-corrected chi connectivity index (χ4v) is 0.289. The largest absolute Gasteiger partial charge is 0.314 e. The molecular formula is C4H10FNO. The molecule has 0 spiro atoms. The van der Waals surface area contributed by atoms with E-state index in [2.05, 4.69) is 0 Å². The molecule has 44 valence electrons. The minimum absolute atomic E-state index is 0.356. The summed E-state index contributed by atoms with van der Waals surface area (Å²) in [7, 11) is 1.50. The van der Waals surface area contributed by atoms with Crippen molar-refractivity contribution in [3.63, 3.8) is 0 Å². The highest BCUT2D eigenvalue weighted by molar-refractivity contribution is 4.34. The molecular weight excluding hydrogens is 97.0 g/mol. The van der Waals surface area contributed by atoms with Crippen LogP contribution in [0, 0.1) is 0 Å². The molecule has 3 heteroatoms. The van der Waals surface area contributed by atoms with E-state index in [0.717, 1.165) is 5.06 Å². The van der Waals surface area contributed by atoms with Gasteiger partial charge >= 0.3 is 0 Å². The Morgan fingerprint density at radius 2 is 2.29 bits per heavy atom. The van der Waals surface area contributed by atoms with Crippen LogP contribution in [0.1, 0.15) is 6.42 Å². The first kappa shape index (κ1) is 6.85. The van der Waals surface area contributed by atoms with E-state index < -0.39 is 0 Å².